The van der Waals surface area contributed by atoms with E-state index < -0.39 is 21.7 Å². The standard InChI is InChI=1S/C22H27FN2O5S/c1-14(17-9-18(23)12-20(26)11-17)24-19-6-3-16(10-19)15-4-7-21(8-5-15)30-13-22(27)25-31(2,28)29/h4-5,7-9,11-12,14,16,19,24,26H,3,6,10,13H2,1-2H3,(H,25,27). The van der Waals surface area contributed by atoms with E-state index in [-0.39, 0.29) is 24.4 Å². The van der Waals surface area contributed by atoms with E-state index in [2.05, 4.69) is 5.32 Å². The number of benzene rings is 2. The fraction of sp³-hybridized carbons (Fsp3) is 0.409. The van der Waals surface area contributed by atoms with Crippen LogP contribution in [0.4, 0.5) is 4.39 Å². The van der Waals surface area contributed by atoms with Crippen LogP contribution in [0.15, 0.2) is 42.5 Å². The fourth-order valence-corrected chi connectivity index (χ4v) is 4.43. The van der Waals surface area contributed by atoms with E-state index >= 15 is 0 Å². The van der Waals surface area contributed by atoms with Crippen LogP contribution < -0.4 is 14.8 Å². The van der Waals surface area contributed by atoms with Gasteiger partial charge in [0.1, 0.15) is 17.3 Å². The van der Waals surface area contributed by atoms with Crippen molar-refractivity contribution in [2.24, 2.45) is 0 Å². The Bertz CT molecular complexity index is 1010. The summed E-state index contributed by atoms with van der Waals surface area (Å²) in [4.78, 5) is 11.5. The molecule has 0 saturated heterocycles. The predicted octanol–water partition coefficient (Wildman–Crippen LogP) is 2.97. The average molecular weight is 451 g/mol. The Kier molecular flexibility index (Phi) is 7.17. The van der Waals surface area contributed by atoms with E-state index in [1.807, 2.05) is 23.8 Å². The van der Waals surface area contributed by atoms with Gasteiger partial charge < -0.3 is 15.2 Å². The number of sulfonamides is 1. The SMILES string of the molecule is CC(NC1CCC(c2ccc(OCC(=O)NS(C)(=O)=O)cc2)C1)c1cc(O)cc(F)c1. The van der Waals surface area contributed by atoms with E-state index in [0.717, 1.165) is 37.1 Å². The van der Waals surface area contributed by atoms with Crippen molar-refractivity contribution in [3.8, 4) is 11.5 Å². The molecular weight excluding hydrogens is 423 g/mol. The number of phenolic OH excluding ortho intramolecular Hbond substituents is 1. The minimum atomic E-state index is -3.60. The highest BCUT2D eigenvalue weighted by Crippen LogP contribution is 2.36. The Hall–Kier alpha value is -2.65. The van der Waals surface area contributed by atoms with Crippen molar-refractivity contribution in [1.82, 2.24) is 10.0 Å². The molecule has 0 aliphatic heterocycles. The van der Waals surface area contributed by atoms with Crippen molar-refractivity contribution < 1.29 is 27.4 Å². The van der Waals surface area contributed by atoms with Crippen molar-refractivity contribution in [1.29, 1.82) is 0 Å². The number of phenols is 1. The lowest BCUT2D eigenvalue weighted by Crippen LogP contribution is -2.33. The summed E-state index contributed by atoms with van der Waals surface area (Å²) >= 11 is 0. The lowest BCUT2D eigenvalue weighted by molar-refractivity contribution is -0.121. The molecule has 2 aromatic rings. The Morgan fingerprint density at radius 3 is 2.58 bits per heavy atom. The summed E-state index contributed by atoms with van der Waals surface area (Å²) < 4.78 is 42.8. The second-order valence-electron chi connectivity index (χ2n) is 7.99. The molecule has 0 aromatic heterocycles. The number of carbonyl (C=O) groups excluding carboxylic acids is 1. The largest absolute Gasteiger partial charge is 0.508 e. The van der Waals surface area contributed by atoms with Crippen LogP contribution in [0, 0.1) is 5.82 Å². The molecule has 1 fully saturated rings. The quantitative estimate of drug-likeness (QED) is 0.571. The molecule has 9 heteroatoms. The first kappa shape index (κ1) is 23.0. The molecule has 2 aromatic carbocycles. The first-order valence-corrected chi connectivity index (χ1v) is 12.0. The number of amides is 1. The van der Waals surface area contributed by atoms with E-state index in [1.165, 1.54) is 6.07 Å². The van der Waals surface area contributed by atoms with Gasteiger partial charge in [-0.25, -0.2) is 12.8 Å². The summed E-state index contributed by atoms with van der Waals surface area (Å²) in [5.41, 5.74) is 1.87. The molecule has 0 heterocycles. The second kappa shape index (κ2) is 9.65. The van der Waals surface area contributed by atoms with Crippen LogP contribution >= 0.6 is 0 Å². The predicted molar refractivity (Wildman–Crippen MR) is 115 cm³/mol. The minimum absolute atomic E-state index is 0.0796. The third kappa shape index (κ3) is 6.93. The van der Waals surface area contributed by atoms with E-state index in [4.69, 9.17) is 4.74 Å². The van der Waals surface area contributed by atoms with Gasteiger partial charge in [-0.2, -0.15) is 0 Å². The van der Waals surface area contributed by atoms with Crippen molar-refractivity contribution in [2.45, 2.75) is 44.2 Å². The molecule has 1 aliphatic rings. The number of carbonyl (C=O) groups is 1. The average Bonchev–Trinajstić information content (AvgIpc) is 3.13. The van der Waals surface area contributed by atoms with Gasteiger partial charge in [0.15, 0.2) is 6.61 Å². The van der Waals surface area contributed by atoms with E-state index in [9.17, 15) is 22.7 Å². The summed E-state index contributed by atoms with van der Waals surface area (Å²) in [7, 11) is -3.60. The second-order valence-corrected chi connectivity index (χ2v) is 9.74. The number of ether oxygens (including phenoxy) is 1. The Morgan fingerprint density at radius 2 is 1.94 bits per heavy atom. The third-order valence-electron chi connectivity index (χ3n) is 5.34. The van der Waals surface area contributed by atoms with Crippen LogP contribution in [0.2, 0.25) is 0 Å². The maximum Gasteiger partial charge on any atom is 0.271 e. The van der Waals surface area contributed by atoms with Crippen LogP contribution in [-0.4, -0.2) is 38.3 Å². The molecule has 3 atom stereocenters. The Morgan fingerprint density at radius 1 is 1.23 bits per heavy atom. The highest BCUT2D eigenvalue weighted by Gasteiger charge is 2.27. The van der Waals surface area contributed by atoms with Gasteiger partial charge >= 0.3 is 0 Å². The zero-order chi connectivity index (χ0) is 22.6. The van der Waals surface area contributed by atoms with Crippen LogP contribution in [0.3, 0.4) is 0 Å². The van der Waals surface area contributed by atoms with Gasteiger partial charge in [-0.3, -0.25) is 9.52 Å². The summed E-state index contributed by atoms with van der Waals surface area (Å²) in [6.07, 6.45) is 3.84. The molecule has 0 bridgehead atoms. The van der Waals surface area contributed by atoms with Gasteiger partial charge in [-0.05, 0) is 67.5 Å². The molecule has 7 nitrogen and oxygen atoms in total. The molecule has 3 unspecified atom stereocenters. The molecule has 0 spiro atoms. The smallest absolute Gasteiger partial charge is 0.271 e. The summed E-state index contributed by atoms with van der Waals surface area (Å²) in [6.45, 7) is 1.57. The molecule has 1 saturated carbocycles. The van der Waals surface area contributed by atoms with E-state index in [0.29, 0.717) is 17.2 Å². The number of rotatable bonds is 8. The molecule has 3 rings (SSSR count). The number of halogens is 1. The van der Waals surface area contributed by atoms with Gasteiger partial charge in [0.25, 0.3) is 5.91 Å². The lowest BCUT2D eigenvalue weighted by Gasteiger charge is -2.20. The fourth-order valence-electron chi connectivity index (χ4n) is 3.95. The van der Waals surface area contributed by atoms with Crippen molar-refractivity contribution in [3.63, 3.8) is 0 Å². The van der Waals surface area contributed by atoms with Crippen LogP contribution in [0.5, 0.6) is 11.5 Å². The normalized spacial score (nSPS) is 19.7. The first-order chi connectivity index (χ1) is 14.6. The molecule has 1 aliphatic carbocycles. The molecule has 31 heavy (non-hydrogen) atoms. The van der Waals surface area contributed by atoms with Crippen LogP contribution in [-0.2, 0) is 14.8 Å². The Balaban J connectivity index is 1.51. The topological polar surface area (TPSA) is 105 Å². The maximum absolute atomic E-state index is 13.5. The summed E-state index contributed by atoms with van der Waals surface area (Å²) in [5.74, 6) is -0.405. The van der Waals surface area contributed by atoms with Crippen molar-refractivity contribution in [3.05, 3.63) is 59.4 Å². The van der Waals surface area contributed by atoms with Gasteiger partial charge in [0.2, 0.25) is 10.0 Å². The highest BCUT2D eigenvalue weighted by molar-refractivity contribution is 7.89. The number of nitrogens with one attached hydrogen (secondary N) is 2. The first-order valence-electron chi connectivity index (χ1n) is 10.1. The van der Waals surface area contributed by atoms with Gasteiger partial charge in [0, 0.05) is 18.2 Å². The third-order valence-corrected chi connectivity index (χ3v) is 5.94. The van der Waals surface area contributed by atoms with Gasteiger partial charge in [-0.1, -0.05) is 12.1 Å². The molecule has 0 radical (unpaired) electrons. The van der Waals surface area contributed by atoms with Crippen LogP contribution in [0.25, 0.3) is 0 Å². The molecule has 1 amide bonds. The number of aromatic hydroxyl groups is 1. The summed E-state index contributed by atoms with van der Waals surface area (Å²) in [6, 6.07) is 11.7. The molecule has 3 N–H and O–H groups in total. The van der Waals surface area contributed by atoms with Crippen LogP contribution in [0.1, 0.15) is 49.3 Å². The zero-order valence-corrected chi connectivity index (χ0v) is 18.3. The van der Waals surface area contributed by atoms with Gasteiger partial charge in [-0.15, -0.1) is 0 Å². The zero-order valence-electron chi connectivity index (χ0n) is 17.5. The number of hydrogen-bond donors (Lipinski definition) is 3. The molecular formula is C22H27FN2O5S. The van der Waals surface area contributed by atoms with E-state index in [1.54, 1.807) is 18.2 Å². The number of hydrogen-bond acceptors (Lipinski definition) is 6. The highest BCUT2D eigenvalue weighted by atomic mass is 32.2. The minimum Gasteiger partial charge on any atom is -0.508 e. The molecule has 168 valence electrons. The Labute approximate surface area is 181 Å². The van der Waals surface area contributed by atoms with Crippen molar-refractivity contribution in [2.75, 3.05) is 12.9 Å². The summed E-state index contributed by atoms with van der Waals surface area (Å²) in [5, 5.41) is 13.1. The monoisotopic (exact) mass is 450 g/mol. The lowest BCUT2D eigenvalue weighted by atomic mass is 9.97. The maximum atomic E-state index is 13.5. The van der Waals surface area contributed by atoms with Crippen molar-refractivity contribution >= 4 is 15.9 Å². The van der Waals surface area contributed by atoms with Gasteiger partial charge in [0.05, 0.1) is 6.26 Å².